The number of aromatic nitrogens is 1. The molecule has 0 spiro atoms. The predicted octanol–water partition coefficient (Wildman–Crippen LogP) is 4.01. The van der Waals surface area contributed by atoms with E-state index in [4.69, 9.17) is 0 Å². The zero-order valence-electron chi connectivity index (χ0n) is 9.34. The molecule has 2 aromatic rings. The van der Waals surface area contributed by atoms with Crippen LogP contribution in [-0.4, -0.2) is 11.5 Å². The molecule has 0 aliphatic carbocycles. The minimum Gasteiger partial charge on any atom is -0.382 e. The molecule has 0 bridgehead atoms. The van der Waals surface area contributed by atoms with E-state index in [0.717, 1.165) is 16.6 Å². The van der Waals surface area contributed by atoms with Gasteiger partial charge >= 0.3 is 0 Å². The lowest BCUT2D eigenvalue weighted by molar-refractivity contribution is 0.629. The predicted molar refractivity (Wildman–Crippen MR) is 73.1 cm³/mol. The Balaban J connectivity index is 1.92. The molecule has 0 saturated carbocycles. The lowest BCUT2D eigenvalue weighted by atomic mass is 10.2. The molecule has 0 aliphatic rings. The van der Waals surface area contributed by atoms with Crippen LogP contribution in [0, 0.1) is 12.7 Å². The summed E-state index contributed by atoms with van der Waals surface area (Å²) in [6.07, 6.45) is 0.867. The molecule has 0 fully saturated rings. The van der Waals surface area contributed by atoms with Crippen LogP contribution in [0.15, 0.2) is 28.2 Å². The van der Waals surface area contributed by atoms with Gasteiger partial charge < -0.3 is 5.32 Å². The number of nitrogens with zero attached hydrogens (tertiary/aromatic N) is 1. The van der Waals surface area contributed by atoms with E-state index in [1.165, 1.54) is 10.9 Å². The van der Waals surface area contributed by atoms with Crippen molar-refractivity contribution in [2.45, 2.75) is 13.3 Å². The molecule has 1 N–H and O–H groups in total. The second-order valence-corrected chi connectivity index (χ2v) is 5.52. The SMILES string of the molecule is Cc1ncsc1CCNc1ccc(Br)cc1F. The first-order chi connectivity index (χ1) is 8.16. The molecule has 2 rings (SSSR count). The Kier molecular flexibility index (Phi) is 4.12. The standard InChI is InChI=1S/C12H12BrFN2S/c1-8-12(17-7-16-8)4-5-15-11-3-2-9(13)6-10(11)14/h2-3,6-7,15H,4-5H2,1H3. The van der Waals surface area contributed by atoms with Crippen LogP contribution >= 0.6 is 27.3 Å². The van der Waals surface area contributed by atoms with Gasteiger partial charge in [0.2, 0.25) is 0 Å². The van der Waals surface area contributed by atoms with Crippen molar-refractivity contribution >= 4 is 33.0 Å². The first-order valence-corrected chi connectivity index (χ1v) is 6.92. The highest BCUT2D eigenvalue weighted by Crippen LogP contribution is 2.19. The average Bonchev–Trinajstić information content (AvgIpc) is 2.68. The third-order valence-electron chi connectivity index (χ3n) is 2.44. The molecule has 0 saturated heterocycles. The van der Waals surface area contributed by atoms with Gasteiger partial charge in [-0.25, -0.2) is 9.37 Å². The first kappa shape index (κ1) is 12.5. The number of anilines is 1. The molecular weight excluding hydrogens is 303 g/mol. The van der Waals surface area contributed by atoms with Crippen molar-refractivity contribution in [3.63, 3.8) is 0 Å². The van der Waals surface area contributed by atoms with Crippen molar-refractivity contribution in [1.82, 2.24) is 4.98 Å². The quantitative estimate of drug-likeness (QED) is 0.922. The molecule has 90 valence electrons. The van der Waals surface area contributed by atoms with Gasteiger partial charge in [0.05, 0.1) is 16.9 Å². The zero-order chi connectivity index (χ0) is 12.3. The molecule has 17 heavy (non-hydrogen) atoms. The Morgan fingerprint density at radius 1 is 1.47 bits per heavy atom. The summed E-state index contributed by atoms with van der Waals surface area (Å²) in [5, 5.41) is 3.09. The van der Waals surface area contributed by atoms with Crippen molar-refractivity contribution in [2.75, 3.05) is 11.9 Å². The van der Waals surface area contributed by atoms with E-state index in [9.17, 15) is 4.39 Å². The molecule has 2 nitrogen and oxygen atoms in total. The van der Waals surface area contributed by atoms with E-state index in [-0.39, 0.29) is 5.82 Å². The Labute approximate surface area is 112 Å². The summed E-state index contributed by atoms with van der Waals surface area (Å²) in [5.41, 5.74) is 3.44. The number of rotatable bonds is 4. The highest BCUT2D eigenvalue weighted by Gasteiger charge is 2.04. The number of nitrogens with one attached hydrogen (secondary N) is 1. The maximum atomic E-state index is 13.5. The van der Waals surface area contributed by atoms with Crippen molar-refractivity contribution in [1.29, 1.82) is 0 Å². The van der Waals surface area contributed by atoms with Gasteiger partial charge in [0.15, 0.2) is 0 Å². The maximum Gasteiger partial charge on any atom is 0.147 e. The van der Waals surface area contributed by atoms with Crippen LogP contribution < -0.4 is 5.32 Å². The maximum absolute atomic E-state index is 13.5. The lowest BCUT2D eigenvalue weighted by Crippen LogP contribution is -2.06. The fourth-order valence-corrected chi connectivity index (χ4v) is 2.62. The first-order valence-electron chi connectivity index (χ1n) is 5.24. The van der Waals surface area contributed by atoms with E-state index in [1.54, 1.807) is 17.4 Å². The largest absolute Gasteiger partial charge is 0.382 e. The fraction of sp³-hybridized carbons (Fsp3) is 0.250. The molecule has 0 amide bonds. The number of aryl methyl sites for hydroxylation is 1. The van der Waals surface area contributed by atoms with Crippen LogP contribution in [0.1, 0.15) is 10.6 Å². The summed E-state index contributed by atoms with van der Waals surface area (Å²) in [6.45, 7) is 2.70. The summed E-state index contributed by atoms with van der Waals surface area (Å²) >= 11 is 4.87. The Morgan fingerprint density at radius 2 is 2.29 bits per heavy atom. The molecule has 0 unspecified atom stereocenters. The smallest absolute Gasteiger partial charge is 0.147 e. The second-order valence-electron chi connectivity index (χ2n) is 3.66. The third-order valence-corrected chi connectivity index (χ3v) is 3.93. The molecule has 5 heteroatoms. The van der Waals surface area contributed by atoms with Crippen LogP contribution in [0.5, 0.6) is 0 Å². The number of halogens is 2. The third kappa shape index (κ3) is 3.26. The Hall–Kier alpha value is -0.940. The average molecular weight is 315 g/mol. The number of benzene rings is 1. The second kappa shape index (κ2) is 5.60. The molecule has 0 radical (unpaired) electrons. The number of thiazole rings is 1. The van der Waals surface area contributed by atoms with E-state index in [1.807, 2.05) is 18.5 Å². The van der Waals surface area contributed by atoms with E-state index in [0.29, 0.717) is 12.2 Å². The zero-order valence-corrected chi connectivity index (χ0v) is 11.7. The fourth-order valence-electron chi connectivity index (χ4n) is 1.51. The van der Waals surface area contributed by atoms with Crippen LogP contribution in [0.25, 0.3) is 0 Å². The molecule has 0 aliphatic heterocycles. The summed E-state index contributed by atoms with van der Waals surface area (Å²) < 4.78 is 14.2. The minimum atomic E-state index is -0.236. The summed E-state index contributed by atoms with van der Waals surface area (Å²) in [6, 6.07) is 5.02. The van der Waals surface area contributed by atoms with Crippen LogP contribution in [0.4, 0.5) is 10.1 Å². The summed E-state index contributed by atoms with van der Waals surface area (Å²) in [7, 11) is 0. The van der Waals surface area contributed by atoms with Crippen LogP contribution in [-0.2, 0) is 6.42 Å². The van der Waals surface area contributed by atoms with Crippen molar-refractivity contribution in [3.8, 4) is 0 Å². The van der Waals surface area contributed by atoms with Crippen molar-refractivity contribution < 1.29 is 4.39 Å². The topological polar surface area (TPSA) is 24.9 Å². The van der Waals surface area contributed by atoms with E-state index in [2.05, 4.69) is 26.2 Å². The summed E-state index contributed by atoms with van der Waals surface area (Å²) in [5.74, 6) is -0.236. The van der Waals surface area contributed by atoms with Crippen LogP contribution in [0.2, 0.25) is 0 Å². The van der Waals surface area contributed by atoms with Gasteiger partial charge in [-0.2, -0.15) is 0 Å². The highest BCUT2D eigenvalue weighted by atomic mass is 79.9. The van der Waals surface area contributed by atoms with Gasteiger partial charge in [-0.3, -0.25) is 0 Å². The summed E-state index contributed by atoms with van der Waals surface area (Å²) in [4.78, 5) is 5.43. The molecule has 0 atom stereocenters. The Morgan fingerprint density at radius 3 is 2.94 bits per heavy atom. The van der Waals surface area contributed by atoms with Crippen molar-refractivity contribution in [3.05, 3.63) is 44.6 Å². The van der Waals surface area contributed by atoms with Gasteiger partial charge in [0, 0.05) is 22.3 Å². The Bertz CT molecular complexity index is 513. The van der Waals surface area contributed by atoms with Crippen molar-refractivity contribution in [2.24, 2.45) is 0 Å². The van der Waals surface area contributed by atoms with Gasteiger partial charge in [-0.1, -0.05) is 15.9 Å². The highest BCUT2D eigenvalue weighted by molar-refractivity contribution is 9.10. The van der Waals surface area contributed by atoms with Gasteiger partial charge in [0.25, 0.3) is 0 Å². The molecule has 1 aromatic carbocycles. The molecule has 1 aromatic heterocycles. The lowest BCUT2D eigenvalue weighted by Gasteiger charge is -2.07. The number of hydrogen-bond acceptors (Lipinski definition) is 3. The molecule has 1 heterocycles. The van der Waals surface area contributed by atoms with E-state index >= 15 is 0 Å². The van der Waals surface area contributed by atoms with Gasteiger partial charge in [0.1, 0.15) is 5.82 Å². The number of hydrogen-bond donors (Lipinski definition) is 1. The molecular formula is C12H12BrFN2S. The normalized spacial score (nSPS) is 10.5. The minimum absolute atomic E-state index is 0.236. The van der Waals surface area contributed by atoms with Crippen LogP contribution in [0.3, 0.4) is 0 Å². The van der Waals surface area contributed by atoms with E-state index < -0.39 is 0 Å². The monoisotopic (exact) mass is 314 g/mol. The van der Waals surface area contributed by atoms with Gasteiger partial charge in [-0.15, -0.1) is 11.3 Å². The van der Waals surface area contributed by atoms with Gasteiger partial charge in [-0.05, 0) is 25.1 Å².